The third-order valence-corrected chi connectivity index (χ3v) is 5.11. The maximum Gasteiger partial charge on any atom is 0.337 e. The summed E-state index contributed by atoms with van der Waals surface area (Å²) in [7, 11) is 0. The molecule has 0 spiro atoms. The lowest BCUT2D eigenvalue weighted by atomic mass is 10.1. The SMILES string of the molecule is O=C(O)c1cc(NN=Cc2ccc(N(c3ccccc3)c3ccccc3)cc2)ccc1Cl. The summed E-state index contributed by atoms with van der Waals surface area (Å²) in [5.74, 6) is -1.08. The Morgan fingerprint density at radius 1 is 0.812 bits per heavy atom. The fourth-order valence-electron chi connectivity index (χ4n) is 3.25. The maximum atomic E-state index is 11.2. The first kappa shape index (κ1) is 21.2. The van der Waals surface area contributed by atoms with Crippen molar-refractivity contribution < 1.29 is 9.90 Å². The molecule has 0 aliphatic rings. The number of hydrogen-bond donors (Lipinski definition) is 2. The van der Waals surface area contributed by atoms with Crippen LogP contribution < -0.4 is 10.3 Å². The molecule has 4 rings (SSSR count). The van der Waals surface area contributed by atoms with E-state index in [4.69, 9.17) is 11.6 Å². The molecule has 0 amide bonds. The summed E-state index contributed by atoms with van der Waals surface area (Å²) in [6, 6.07) is 33.0. The van der Waals surface area contributed by atoms with E-state index in [9.17, 15) is 9.90 Å². The van der Waals surface area contributed by atoms with Gasteiger partial charge in [-0.05, 0) is 60.2 Å². The van der Waals surface area contributed by atoms with Gasteiger partial charge < -0.3 is 10.0 Å². The number of hydrogen-bond acceptors (Lipinski definition) is 4. The molecule has 158 valence electrons. The van der Waals surface area contributed by atoms with Gasteiger partial charge in [0.1, 0.15) is 0 Å². The smallest absolute Gasteiger partial charge is 0.337 e. The van der Waals surface area contributed by atoms with E-state index in [1.165, 1.54) is 12.1 Å². The van der Waals surface area contributed by atoms with Crippen molar-refractivity contribution in [2.75, 3.05) is 10.3 Å². The van der Waals surface area contributed by atoms with Gasteiger partial charge in [-0.15, -0.1) is 0 Å². The zero-order valence-corrected chi connectivity index (χ0v) is 17.8. The monoisotopic (exact) mass is 441 g/mol. The maximum absolute atomic E-state index is 11.2. The number of nitrogens with one attached hydrogen (secondary N) is 1. The molecule has 2 N–H and O–H groups in total. The van der Waals surface area contributed by atoms with Crippen molar-refractivity contribution in [3.8, 4) is 0 Å². The molecule has 0 fully saturated rings. The Bertz CT molecular complexity index is 1190. The van der Waals surface area contributed by atoms with Crippen molar-refractivity contribution in [1.82, 2.24) is 0 Å². The van der Waals surface area contributed by atoms with Crippen LogP contribution in [0.1, 0.15) is 15.9 Å². The molecular formula is C26H20ClN3O2. The minimum absolute atomic E-state index is 0.0261. The highest BCUT2D eigenvalue weighted by molar-refractivity contribution is 6.33. The van der Waals surface area contributed by atoms with Gasteiger partial charge in [0.05, 0.1) is 22.5 Å². The third-order valence-electron chi connectivity index (χ3n) is 4.78. The second kappa shape index (κ2) is 9.81. The summed E-state index contributed by atoms with van der Waals surface area (Å²) in [5, 5.41) is 13.6. The number of rotatable bonds is 7. The van der Waals surface area contributed by atoms with Gasteiger partial charge in [0, 0.05) is 17.1 Å². The number of carboxylic acid groups (broad SMARTS) is 1. The van der Waals surface area contributed by atoms with Crippen LogP contribution in [0.5, 0.6) is 0 Å². The standard InChI is InChI=1S/C26H20ClN3O2/c27-25-16-13-20(17-24(25)26(31)32)29-28-18-19-11-14-23(15-12-19)30(21-7-3-1-4-8-21)22-9-5-2-6-10-22/h1-18,29H,(H,31,32). The second-order valence-corrected chi connectivity index (χ2v) is 7.38. The van der Waals surface area contributed by atoms with E-state index in [2.05, 4.69) is 39.7 Å². The van der Waals surface area contributed by atoms with Crippen molar-refractivity contribution in [3.63, 3.8) is 0 Å². The molecule has 0 aromatic heterocycles. The highest BCUT2D eigenvalue weighted by atomic mass is 35.5. The summed E-state index contributed by atoms with van der Waals surface area (Å²) in [4.78, 5) is 13.4. The summed E-state index contributed by atoms with van der Waals surface area (Å²) in [6.07, 6.45) is 1.67. The average molecular weight is 442 g/mol. The van der Waals surface area contributed by atoms with Crippen molar-refractivity contribution in [2.45, 2.75) is 0 Å². The predicted molar refractivity (Wildman–Crippen MR) is 131 cm³/mol. The molecule has 0 radical (unpaired) electrons. The normalized spacial score (nSPS) is 10.8. The van der Waals surface area contributed by atoms with Crippen molar-refractivity contribution in [2.24, 2.45) is 5.10 Å². The lowest BCUT2D eigenvalue weighted by Gasteiger charge is -2.25. The fourth-order valence-corrected chi connectivity index (χ4v) is 3.45. The van der Waals surface area contributed by atoms with Crippen LogP contribution >= 0.6 is 11.6 Å². The molecule has 0 aliphatic heterocycles. The Labute approximate surface area is 191 Å². The number of hydrazone groups is 1. The van der Waals surface area contributed by atoms with E-state index in [0.717, 1.165) is 22.6 Å². The van der Waals surface area contributed by atoms with Crippen LogP contribution in [0.3, 0.4) is 0 Å². The van der Waals surface area contributed by atoms with E-state index in [0.29, 0.717) is 5.69 Å². The van der Waals surface area contributed by atoms with Crippen LogP contribution in [0.4, 0.5) is 22.7 Å². The molecule has 5 nitrogen and oxygen atoms in total. The molecule has 32 heavy (non-hydrogen) atoms. The largest absolute Gasteiger partial charge is 0.478 e. The van der Waals surface area contributed by atoms with Gasteiger partial charge in [-0.3, -0.25) is 5.43 Å². The number of benzene rings is 4. The summed E-state index contributed by atoms with van der Waals surface area (Å²) >= 11 is 5.90. The fraction of sp³-hybridized carbons (Fsp3) is 0. The number of carbonyl (C=O) groups is 1. The van der Waals surface area contributed by atoms with E-state index < -0.39 is 5.97 Å². The summed E-state index contributed by atoms with van der Waals surface area (Å²) in [6.45, 7) is 0. The number of aromatic carboxylic acids is 1. The van der Waals surface area contributed by atoms with Gasteiger partial charge in [-0.2, -0.15) is 5.10 Å². The third kappa shape index (κ3) is 4.96. The van der Waals surface area contributed by atoms with Crippen LogP contribution in [-0.2, 0) is 0 Å². The van der Waals surface area contributed by atoms with Gasteiger partial charge in [0.2, 0.25) is 0 Å². The molecule has 0 saturated carbocycles. The number of anilines is 4. The molecule has 0 bridgehead atoms. The van der Waals surface area contributed by atoms with E-state index in [1.54, 1.807) is 12.3 Å². The van der Waals surface area contributed by atoms with Crippen molar-refractivity contribution in [3.05, 3.63) is 119 Å². The number of halogens is 1. The molecule has 4 aromatic carbocycles. The zero-order valence-electron chi connectivity index (χ0n) is 17.0. The van der Waals surface area contributed by atoms with Gasteiger partial charge in [-0.25, -0.2) is 4.79 Å². The molecule has 0 atom stereocenters. The number of nitrogens with zero attached hydrogens (tertiary/aromatic N) is 2. The van der Waals surface area contributed by atoms with Crippen LogP contribution in [0.2, 0.25) is 5.02 Å². The molecular weight excluding hydrogens is 422 g/mol. The molecule has 0 saturated heterocycles. The average Bonchev–Trinajstić information content (AvgIpc) is 2.82. The summed E-state index contributed by atoms with van der Waals surface area (Å²) < 4.78 is 0. The van der Waals surface area contributed by atoms with Crippen LogP contribution in [-0.4, -0.2) is 17.3 Å². The highest BCUT2D eigenvalue weighted by Crippen LogP contribution is 2.33. The highest BCUT2D eigenvalue weighted by Gasteiger charge is 2.11. The molecule has 4 aromatic rings. The lowest BCUT2D eigenvalue weighted by molar-refractivity contribution is 0.0697. The van der Waals surface area contributed by atoms with Crippen LogP contribution in [0.15, 0.2) is 108 Å². The first-order valence-electron chi connectivity index (χ1n) is 9.94. The Hall–Kier alpha value is -4.09. The molecule has 0 aliphatic carbocycles. The minimum Gasteiger partial charge on any atom is -0.478 e. The zero-order chi connectivity index (χ0) is 22.3. The Morgan fingerprint density at radius 2 is 1.38 bits per heavy atom. The number of para-hydroxylation sites is 2. The topological polar surface area (TPSA) is 64.9 Å². The first-order valence-corrected chi connectivity index (χ1v) is 10.3. The molecule has 0 unspecified atom stereocenters. The minimum atomic E-state index is -1.08. The van der Waals surface area contributed by atoms with Gasteiger partial charge in [0.15, 0.2) is 0 Å². The number of carboxylic acids is 1. The van der Waals surface area contributed by atoms with Gasteiger partial charge in [0.25, 0.3) is 0 Å². The summed E-state index contributed by atoms with van der Waals surface area (Å²) in [5.41, 5.74) is 7.47. The van der Waals surface area contributed by atoms with E-state index in [-0.39, 0.29) is 10.6 Å². The first-order chi connectivity index (χ1) is 15.6. The molecule has 6 heteroatoms. The van der Waals surface area contributed by atoms with E-state index in [1.807, 2.05) is 60.7 Å². The Morgan fingerprint density at radius 3 is 1.94 bits per heavy atom. The van der Waals surface area contributed by atoms with Crippen molar-refractivity contribution in [1.29, 1.82) is 0 Å². The van der Waals surface area contributed by atoms with Gasteiger partial charge >= 0.3 is 5.97 Å². The van der Waals surface area contributed by atoms with Crippen LogP contribution in [0, 0.1) is 0 Å². The van der Waals surface area contributed by atoms with Gasteiger partial charge in [-0.1, -0.05) is 60.1 Å². The van der Waals surface area contributed by atoms with Crippen molar-refractivity contribution >= 4 is 46.5 Å². The Kier molecular flexibility index (Phi) is 6.49. The van der Waals surface area contributed by atoms with Crippen LogP contribution in [0.25, 0.3) is 0 Å². The quantitative estimate of drug-likeness (QED) is 0.240. The second-order valence-electron chi connectivity index (χ2n) is 6.97. The Balaban J connectivity index is 1.53. The predicted octanol–water partition coefficient (Wildman–Crippen LogP) is 6.95. The lowest BCUT2D eigenvalue weighted by Crippen LogP contribution is -2.09. The molecule has 0 heterocycles. The van der Waals surface area contributed by atoms with E-state index >= 15 is 0 Å².